The zero-order chi connectivity index (χ0) is 23.5. The summed E-state index contributed by atoms with van der Waals surface area (Å²) in [7, 11) is 0. The van der Waals surface area contributed by atoms with Gasteiger partial charge in [0.05, 0.1) is 23.6 Å². The number of anilines is 3. The maximum Gasteiger partial charge on any atom is 0.198 e. The number of likely N-dealkylation sites (tertiary alicyclic amines) is 1. The topological polar surface area (TPSA) is 90.3 Å². The average molecular weight is 466 g/mol. The van der Waals surface area contributed by atoms with Crippen LogP contribution in [0, 0.1) is 0 Å². The number of aromatic nitrogens is 6. The van der Waals surface area contributed by atoms with Gasteiger partial charge in [0.1, 0.15) is 6.33 Å². The third-order valence-electron chi connectivity index (χ3n) is 7.41. The van der Waals surface area contributed by atoms with Crippen molar-refractivity contribution in [1.82, 2.24) is 34.7 Å². The Balaban J connectivity index is 1.16. The minimum atomic E-state index is 0.614. The van der Waals surface area contributed by atoms with Gasteiger partial charge in [-0.15, -0.1) is 0 Å². The van der Waals surface area contributed by atoms with E-state index in [1.807, 2.05) is 24.5 Å². The number of benzene rings is 2. The molecule has 2 saturated heterocycles. The maximum absolute atomic E-state index is 4.90. The van der Waals surface area contributed by atoms with E-state index in [1.165, 1.54) is 12.1 Å². The molecule has 2 atom stereocenters. The summed E-state index contributed by atoms with van der Waals surface area (Å²) in [5.41, 5.74) is 5.75. The summed E-state index contributed by atoms with van der Waals surface area (Å²) in [5.74, 6) is 0.674. The summed E-state index contributed by atoms with van der Waals surface area (Å²) in [6, 6.07) is 16.7. The van der Waals surface area contributed by atoms with E-state index >= 15 is 0 Å². The number of nitrogens with one attached hydrogen (secondary N) is 2. The molecule has 0 aliphatic carbocycles. The number of piperazine rings is 1. The molecule has 176 valence electrons. The van der Waals surface area contributed by atoms with Crippen molar-refractivity contribution in [1.29, 1.82) is 0 Å². The smallest absolute Gasteiger partial charge is 0.198 e. The van der Waals surface area contributed by atoms with Gasteiger partial charge in [0.15, 0.2) is 11.5 Å². The first-order valence-electron chi connectivity index (χ1n) is 12.2. The van der Waals surface area contributed by atoms with Gasteiger partial charge in [-0.2, -0.15) is 10.2 Å². The summed E-state index contributed by atoms with van der Waals surface area (Å²) in [5, 5.41) is 16.0. The quantitative estimate of drug-likeness (QED) is 0.404. The van der Waals surface area contributed by atoms with Crippen LogP contribution in [0.25, 0.3) is 27.8 Å². The second kappa shape index (κ2) is 7.78. The van der Waals surface area contributed by atoms with Gasteiger partial charge in [-0.05, 0) is 56.7 Å². The maximum atomic E-state index is 4.90. The molecule has 7 rings (SSSR count). The third kappa shape index (κ3) is 3.42. The highest BCUT2D eigenvalue weighted by Gasteiger charge is 2.43. The van der Waals surface area contributed by atoms with Crippen molar-refractivity contribution < 1.29 is 0 Å². The van der Waals surface area contributed by atoms with Gasteiger partial charge >= 0.3 is 0 Å². The number of hydrogen-bond donors (Lipinski definition) is 2. The molecule has 5 aromatic rings. The molecule has 0 unspecified atom stereocenters. The molecule has 0 amide bonds. The highest BCUT2D eigenvalue weighted by molar-refractivity contribution is 5.84. The Morgan fingerprint density at radius 1 is 1.06 bits per heavy atom. The van der Waals surface area contributed by atoms with Crippen LogP contribution in [0.4, 0.5) is 17.2 Å². The van der Waals surface area contributed by atoms with Crippen molar-refractivity contribution in [3.8, 4) is 11.3 Å². The standard InChI is InChI=1S/C26H27N9/c1-16(2)33-12-22-10-21(33)13-34(22)20-6-4-19(5-7-20)30-25-26-27-15-29-35(26)14-24(31-25)17-3-8-23-18(9-17)11-28-32-23/h3-9,11,14-16,21-22H,10,12-13H2,1-2H3,(H,28,32)(H,30,31)/t21-,22+/m1/s1. The number of H-pyrrole nitrogens is 1. The van der Waals surface area contributed by atoms with Crippen LogP contribution >= 0.6 is 0 Å². The molecule has 2 N–H and O–H groups in total. The van der Waals surface area contributed by atoms with E-state index in [0.717, 1.165) is 40.9 Å². The second-order valence-corrected chi connectivity index (χ2v) is 9.83. The van der Waals surface area contributed by atoms with Crippen molar-refractivity contribution in [3.63, 3.8) is 0 Å². The van der Waals surface area contributed by atoms with E-state index in [2.05, 4.69) is 79.6 Å². The molecule has 0 spiro atoms. The second-order valence-electron chi connectivity index (χ2n) is 9.83. The van der Waals surface area contributed by atoms with Gasteiger partial charge in [-0.1, -0.05) is 6.07 Å². The largest absolute Gasteiger partial charge is 0.366 e. The highest BCUT2D eigenvalue weighted by atomic mass is 15.4. The molecule has 2 aromatic carbocycles. The van der Waals surface area contributed by atoms with Gasteiger partial charge in [0.25, 0.3) is 0 Å². The number of rotatable bonds is 5. The van der Waals surface area contributed by atoms with Crippen LogP contribution in [0.5, 0.6) is 0 Å². The number of hydrogen-bond acceptors (Lipinski definition) is 7. The third-order valence-corrected chi connectivity index (χ3v) is 7.41. The molecule has 0 radical (unpaired) electrons. The number of nitrogens with zero attached hydrogens (tertiary/aromatic N) is 7. The first-order chi connectivity index (χ1) is 17.1. The lowest BCUT2D eigenvalue weighted by Gasteiger charge is -2.37. The molecule has 9 heteroatoms. The van der Waals surface area contributed by atoms with Crippen molar-refractivity contribution in [3.05, 3.63) is 61.2 Å². The fourth-order valence-electron chi connectivity index (χ4n) is 5.67. The molecule has 2 fully saturated rings. The van der Waals surface area contributed by atoms with Crippen molar-refractivity contribution in [2.24, 2.45) is 0 Å². The van der Waals surface area contributed by atoms with Gasteiger partial charge in [-0.3, -0.25) is 10.00 Å². The predicted octanol–water partition coefficient (Wildman–Crippen LogP) is 4.08. The summed E-state index contributed by atoms with van der Waals surface area (Å²) in [6.07, 6.45) is 6.54. The fourth-order valence-corrected chi connectivity index (χ4v) is 5.67. The van der Waals surface area contributed by atoms with Gasteiger partial charge in [-0.25, -0.2) is 14.5 Å². The first-order valence-corrected chi connectivity index (χ1v) is 12.2. The van der Waals surface area contributed by atoms with E-state index in [1.54, 1.807) is 10.8 Å². The van der Waals surface area contributed by atoms with Gasteiger partial charge in [0.2, 0.25) is 0 Å². The molecular formula is C26H27N9. The van der Waals surface area contributed by atoms with Crippen LogP contribution in [0.2, 0.25) is 0 Å². The zero-order valence-corrected chi connectivity index (χ0v) is 19.8. The Hall–Kier alpha value is -3.98. The number of fused-ring (bicyclic) bond motifs is 4. The minimum absolute atomic E-state index is 0.614. The van der Waals surface area contributed by atoms with Crippen LogP contribution in [-0.2, 0) is 0 Å². The fraction of sp³-hybridized carbons (Fsp3) is 0.308. The molecule has 35 heavy (non-hydrogen) atoms. The molecule has 5 heterocycles. The Kier molecular flexibility index (Phi) is 4.53. The Morgan fingerprint density at radius 2 is 1.94 bits per heavy atom. The van der Waals surface area contributed by atoms with Crippen LogP contribution in [0.3, 0.4) is 0 Å². The minimum Gasteiger partial charge on any atom is -0.366 e. The molecular weight excluding hydrogens is 438 g/mol. The SMILES string of the molecule is CC(C)N1C[C@@H]2C[C@@H]1CN2c1ccc(Nc2nc(-c3ccc4[nH]ncc4c3)cn3ncnc23)cc1. The lowest BCUT2D eigenvalue weighted by molar-refractivity contribution is 0.191. The molecule has 3 aromatic heterocycles. The van der Waals surface area contributed by atoms with E-state index in [9.17, 15) is 0 Å². The first kappa shape index (κ1) is 20.4. The summed E-state index contributed by atoms with van der Waals surface area (Å²) < 4.78 is 1.76. The molecule has 9 nitrogen and oxygen atoms in total. The van der Waals surface area contributed by atoms with E-state index < -0.39 is 0 Å². The van der Waals surface area contributed by atoms with Crippen LogP contribution in [0.1, 0.15) is 20.3 Å². The Labute approximate surface area is 202 Å². The van der Waals surface area contributed by atoms with Crippen molar-refractivity contribution >= 4 is 33.7 Å². The molecule has 2 aliphatic rings. The zero-order valence-electron chi connectivity index (χ0n) is 19.8. The van der Waals surface area contributed by atoms with Crippen molar-refractivity contribution in [2.45, 2.75) is 38.4 Å². The summed E-state index contributed by atoms with van der Waals surface area (Å²) in [4.78, 5) is 14.5. The van der Waals surface area contributed by atoms with Gasteiger partial charge in [0, 0.05) is 53.5 Å². The number of aromatic amines is 1. The normalized spacial score (nSPS) is 20.0. The molecule has 2 bridgehead atoms. The summed E-state index contributed by atoms with van der Waals surface area (Å²) in [6.45, 7) is 6.88. The van der Waals surface area contributed by atoms with Crippen LogP contribution in [-0.4, -0.2) is 65.9 Å². The molecule has 2 aliphatic heterocycles. The average Bonchev–Trinajstić information content (AvgIpc) is 3.67. The van der Waals surface area contributed by atoms with Crippen molar-refractivity contribution in [2.75, 3.05) is 23.3 Å². The van der Waals surface area contributed by atoms with E-state index in [0.29, 0.717) is 29.6 Å². The monoisotopic (exact) mass is 465 g/mol. The van der Waals surface area contributed by atoms with Crippen LogP contribution in [0.15, 0.2) is 61.2 Å². The van der Waals surface area contributed by atoms with Crippen LogP contribution < -0.4 is 10.2 Å². The predicted molar refractivity (Wildman–Crippen MR) is 137 cm³/mol. The van der Waals surface area contributed by atoms with E-state index in [-0.39, 0.29) is 0 Å². The highest BCUT2D eigenvalue weighted by Crippen LogP contribution is 2.36. The summed E-state index contributed by atoms with van der Waals surface area (Å²) >= 11 is 0. The Morgan fingerprint density at radius 3 is 2.74 bits per heavy atom. The van der Waals surface area contributed by atoms with Gasteiger partial charge < -0.3 is 10.2 Å². The molecule has 0 saturated carbocycles. The lowest BCUT2D eigenvalue weighted by atomic mass is 10.1. The lowest BCUT2D eigenvalue weighted by Crippen LogP contribution is -2.48. The van der Waals surface area contributed by atoms with E-state index in [4.69, 9.17) is 4.98 Å². The Bertz CT molecular complexity index is 1520.